The van der Waals surface area contributed by atoms with Gasteiger partial charge in [0, 0.05) is 38.0 Å². The van der Waals surface area contributed by atoms with E-state index in [2.05, 4.69) is 68.8 Å². The van der Waals surface area contributed by atoms with E-state index in [1.54, 1.807) is 5.57 Å². The van der Waals surface area contributed by atoms with Gasteiger partial charge in [0.2, 0.25) is 0 Å². The fourth-order valence-electron chi connectivity index (χ4n) is 16.7. The third-order valence-corrected chi connectivity index (χ3v) is 19.7. The Morgan fingerprint density at radius 2 is 1.79 bits per heavy atom. The molecule has 1 aromatic rings. The minimum absolute atomic E-state index is 0.0749. The van der Waals surface area contributed by atoms with Crippen LogP contribution in [-0.2, 0) is 19.1 Å². The number of nitrogens with zero attached hydrogens (tertiary/aromatic N) is 1. The zero-order valence-corrected chi connectivity index (χ0v) is 37.5. The first-order valence-corrected chi connectivity index (χ1v) is 24.3. The molecule has 3 N–H and O–H groups in total. The molecule has 16 atom stereocenters. The first-order valence-electron chi connectivity index (χ1n) is 24.3. The van der Waals surface area contributed by atoms with Crippen LogP contribution in [0.25, 0.3) is 0 Å². The first-order chi connectivity index (χ1) is 29.2. The van der Waals surface area contributed by atoms with E-state index in [4.69, 9.17) is 9.47 Å². The van der Waals surface area contributed by atoms with Gasteiger partial charge in [-0.25, -0.2) is 0 Å². The van der Waals surface area contributed by atoms with Crippen LogP contribution in [0.1, 0.15) is 142 Å². The Hall–Kier alpha value is -2.96. The van der Waals surface area contributed by atoms with Gasteiger partial charge < -0.3 is 29.7 Å². The second kappa shape index (κ2) is 15.3. The minimum Gasteiger partial charge on any atom is -0.481 e. The standard InChI is InChI=1S/C53H71NO7/c1-6-21-52-23-20-42-39-14-10-33-26-36(55)13-15-38(33)48(39)40(30-53(42,52)61-52)32-8-11-35(12-9-32)54(5)24-25-60-37-19-22-50(3)34(27-37)28-45(56)49-43-17-16-41(31(2)7-18-47(58)59)51(43,4)46(57)29-44(49)50/h8-9,11-12,26,31,34,37,39-46,49,56-57H,7,10,13-20,22-25,27-30H2,1-5H3,(H,58,59)/t31-,34+,37+,39?,40-,41-,42?,43+,44+,45-,46+,49+,50+,51-,52+,53-/m1/s1. The van der Waals surface area contributed by atoms with Gasteiger partial charge in [0.05, 0.1) is 24.9 Å². The molecule has 0 radical (unpaired) electrons. The molecule has 0 aromatic heterocycles. The van der Waals surface area contributed by atoms with Gasteiger partial charge in [-0.3, -0.25) is 9.59 Å². The monoisotopic (exact) mass is 834 g/mol. The summed E-state index contributed by atoms with van der Waals surface area (Å²) in [6.07, 6.45) is 15.6. The number of fused-ring (bicyclic) bond motifs is 8. The summed E-state index contributed by atoms with van der Waals surface area (Å²) in [5.41, 5.74) is 6.27. The van der Waals surface area contributed by atoms with Gasteiger partial charge in [-0.1, -0.05) is 44.4 Å². The number of rotatable bonds is 10. The van der Waals surface area contributed by atoms with E-state index in [0.717, 1.165) is 83.6 Å². The van der Waals surface area contributed by atoms with Gasteiger partial charge in [0.25, 0.3) is 0 Å². The molecule has 6 saturated carbocycles. The fraction of sp³-hybridized carbons (Fsp3) is 0.736. The third kappa shape index (κ3) is 6.50. The third-order valence-electron chi connectivity index (χ3n) is 19.7. The summed E-state index contributed by atoms with van der Waals surface area (Å²) in [5, 5.41) is 33.3. The summed E-state index contributed by atoms with van der Waals surface area (Å²) in [6, 6.07) is 9.25. The van der Waals surface area contributed by atoms with Crippen LogP contribution < -0.4 is 4.90 Å². The average Bonchev–Trinajstić information content (AvgIpc) is 3.50. The molecule has 61 heavy (non-hydrogen) atoms. The van der Waals surface area contributed by atoms with Crippen molar-refractivity contribution in [3.8, 4) is 11.8 Å². The van der Waals surface area contributed by atoms with E-state index in [-0.39, 0.29) is 76.0 Å². The van der Waals surface area contributed by atoms with Crippen molar-refractivity contribution in [1.82, 2.24) is 0 Å². The number of aliphatic carboxylic acids is 1. The van der Waals surface area contributed by atoms with E-state index < -0.39 is 12.1 Å². The molecule has 0 bridgehead atoms. The van der Waals surface area contributed by atoms with Gasteiger partial charge in [0.15, 0.2) is 11.4 Å². The number of carboxylic acids is 1. The van der Waals surface area contributed by atoms with Crippen molar-refractivity contribution in [3.63, 3.8) is 0 Å². The molecule has 8 heteroatoms. The normalized spacial score (nSPS) is 44.7. The zero-order valence-electron chi connectivity index (χ0n) is 37.5. The molecule has 1 saturated heterocycles. The van der Waals surface area contributed by atoms with Gasteiger partial charge in [-0.15, -0.1) is 5.92 Å². The molecule has 1 aliphatic heterocycles. The molecule has 1 spiro atoms. The maximum atomic E-state index is 12.5. The number of epoxide rings is 1. The Labute approximate surface area is 364 Å². The Bertz CT molecular complexity index is 2050. The summed E-state index contributed by atoms with van der Waals surface area (Å²) in [6.45, 7) is 10.3. The lowest BCUT2D eigenvalue weighted by atomic mass is 9.43. The zero-order chi connectivity index (χ0) is 42.6. The van der Waals surface area contributed by atoms with Crippen molar-refractivity contribution >= 4 is 17.4 Å². The average molecular weight is 834 g/mol. The summed E-state index contributed by atoms with van der Waals surface area (Å²) in [4.78, 5) is 26.2. The smallest absolute Gasteiger partial charge is 0.303 e. The molecule has 9 aliphatic rings. The van der Waals surface area contributed by atoms with Crippen molar-refractivity contribution in [3.05, 3.63) is 52.6 Å². The largest absolute Gasteiger partial charge is 0.481 e. The molecule has 330 valence electrons. The van der Waals surface area contributed by atoms with Crippen molar-refractivity contribution in [1.29, 1.82) is 0 Å². The van der Waals surface area contributed by atoms with Gasteiger partial charge >= 0.3 is 5.97 Å². The van der Waals surface area contributed by atoms with Crippen molar-refractivity contribution in [2.75, 3.05) is 25.1 Å². The summed E-state index contributed by atoms with van der Waals surface area (Å²) in [7, 11) is 2.16. The molecule has 0 amide bonds. The van der Waals surface area contributed by atoms with Crippen molar-refractivity contribution in [2.45, 2.75) is 166 Å². The van der Waals surface area contributed by atoms with Gasteiger partial charge in [-0.05, 0) is 190 Å². The maximum Gasteiger partial charge on any atom is 0.303 e. The first kappa shape index (κ1) is 42.0. The number of benzene rings is 1. The molecule has 10 rings (SSSR count). The predicted molar refractivity (Wildman–Crippen MR) is 236 cm³/mol. The lowest BCUT2D eigenvalue weighted by Gasteiger charge is -2.63. The Balaban J connectivity index is 0.780. The number of carbonyl (C=O) groups excluding carboxylic acids is 1. The van der Waals surface area contributed by atoms with E-state index >= 15 is 0 Å². The quantitative estimate of drug-likeness (QED) is 0.158. The van der Waals surface area contributed by atoms with Crippen LogP contribution in [0.2, 0.25) is 0 Å². The number of carbonyl (C=O) groups is 2. The Kier molecular flexibility index (Phi) is 10.6. The van der Waals surface area contributed by atoms with Gasteiger partial charge in [0.1, 0.15) is 5.60 Å². The number of aliphatic hydroxyl groups is 2. The van der Waals surface area contributed by atoms with E-state index in [1.807, 2.05) is 13.0 Å². The lowest BCUT2D eigenvalue weighted by molar-refractivity contribution is -0.209. The molecule has 1 aromatic carbocycles. The number of ketones is 1. The molecule has 7 fully saturated rings. The highest BCUT2D eigenvalue weighted by atomic mass is 16.6. The fourth-order valence-corrected chi connectivity index (χ4v) is 16.7. The number of carboxylic acid groups (broad SMARTS) is 1. The highest BCUT2D eigenvalue weighted by Crippen LogP contribution is 2.73. The highest BCUT2D eigenvalue weighted by Gasteiger charge is 2.79. The number of anilines is 1. The van der Waals surface area contributed by atoms with Crippen LogP contribution in [0, 0.1) is 70.0 Å². The minimum atomic E-state index is -0.748. The number of likely N-dealkylation sites (N-methyl/N-ethyl adjacent to an activating group) is 1. The number of allylic oxidation sites excluding steroid dienone is 4. The maximum absolute atomic E-state index is 12.5. The summed E-state index contributed by atoms with van der Waals surface area (Å²) < 4.78 is 13.4. The number of hydrogen-bond acceptors (Lipinski definition) is 7. The summed E-state index contributed by atoms with van der Waals surface area (Å²) >= 11 is 0. The number of ether oxygens (including phenoxy) is 2. The van der Waals surface area contributed by atoms with Crippen LogP contribution in [0.15, 0.2) is 47.1 Å². The molecule has 8 nitrogen and oxygen atoms in total. The number of hydrogen-bond donors (Lipinski definition) is 3. The number of aliphatic hydroxyl groups excluding tert-OH is 2. The highest BCUT2D eigenvalue weighted by molar-refractivity contribution is 5.93. The topological polar surface area (TPSA) is 120 Å². The van der Waals surface area contributed by atoms with E-state index in [0.29, 0.717) is 43.1 Å². The lowest BCUT2D eigenvalue weighted by Crippen LogP contribution is -2.62. The second-order valence-electron chi connectivity index (χ2n) is 22.1. The Morgan fingerprint density at radius 3 is 2.56 bits per heavy atom. The van der Waals surface area contributed by atoms with E-state index in [9.17, 15) is 24.9 Å². The van der Waals surface area contributed by atoms with Crippen LogP contribution in [-0.4, -0.2) is 76.8 Å². The summed E-state index contributed by atoms with van der Waals surface area (Å²) in [5.74, 6) is 9.23. The second-order valence-corrected chi connectivity index (χ2v) is 22.1. The van der Waals surface area contributed by atoms with Gasteiger partial charge in [-0.2, -0.15) is 0 Å². The molecular weight excluding hydrogens is 763 g/mol. The molecule has 2 unspecified atom stereocenters. The van der Waals surface area contributed by atoms with Crippen LogP contribution in [0.4, 0.5) is 5.69 Å². The van der Waals surface area contributed by atoms with Crippen LogP contribution >= 0.6 is 0 Å². The molecule has 8 aliphatic carbocycles. The SMILES string of the molecule is CC#C[C@]12CCC3C4CCC5=CC(=O)CCC5=C4[C@@H](c4ccc(N(C)CCO[C@H]5CC[C@@]6(C)[C@@H](C5)C[C@@H](O)[C@@H]5[C@@H]6C[C@H](O)[C@]6(C)[C@@H]([C@H](C)CCC(=O)O)CC[C@@H]56)cc4)C[C@@]31O2. The van der Waals surface area contributed by atoms with E-state index in [1.165, 1.54) is 28.8 Å². The van der Waals surface area contributed by atoms with Crippen LogP contribution in [0.3, 0.4) is 0 Å². The predicted octanol–water partition coefficient (Wildman–Crippen LogP) is 9.03. The van der Waals surface area contributed by atoms with Crippen molar-refractivity contribution < 1.29 is 34.4 Å². The van der Waals surface area contributed by atoms with Crippen molar-refractivity contribution in [2.24, 2.45) is 58.2 Å². The molecule has 1 heterocycles. The Morgan fingerprint density at radius 1 is 0.984 bits per heavy atom. The van der Waals surface area contributed by atoms with Crippen LogP contribution in [0.5, 0.6) is 0 Å². The molecular formula is C53H71NO7.